The molecule has 1 amide bonds. The van der Waals surface area contributed by atoms with Crippen LogP contribution in [-0.2, 0) is 11.2 Å². The quantitative estimate of drug-likeness (QED) is 0.604. The third-order valence-electron chi connectivity index (χ3n) is 4.72. The zero-order valence-corrected chi connectivity index (χ0v) is 16.4. The predicted octanol–water partition coefficient (Wildman–Crippen LogP) is 4.84. The summed E-state index contributed by atoms with van der Waals surface area (Å²) in [6, 6.07) is 9.32. The number of benzene rings is 2. The van der Waals surface area contributed by atoms with Gasteiger partial charge in [0.15, 0.2) is 5.82 Å². The van der Waals surface area contributed by atoms with Crippen LogP contribution in [0.3, 0.4) is 0 Å². The normalized spacial score (nSPS) is 15.2. The molecular weight excluding hydrogens is 406 g/mol. The van der Waals surface area contributed by atoms with Gasteiger partial charge in [0, 0.05) is 37.0 Å². The molecule has 2 heterocycles. The summed E-state index contributed by atoms with van der Waals surface area (Å²) in [6.07, 6.45) is 1.57. The van der Waals surface area contributed by atoms with Gasteiger partial charge in [-0.15, -0.1) is 0 Å². The number of carbonyl (C=O) groups excluding carboxylic acids is 1. The first-order valence-corrected chi connectivity index (χ1v) is 10.1. The van der Waals surface area contributed by atoms with Crippen molar-refractivity contribution in [1.82, 2.24) is 9.88 Å². The predicted molar refractivity (Wildman–Crippen MR) is 105 cm³/mol. The zero-order chi connectivity index (χ0) is 19.7. The third-order valence-corrected chi connectivity index (χ3v) is 5.87. The van der Waals surface area contributed by atoms with Crippen LogP contribution in [0, 0.1) is 11.6 Å². The molecule has 28 heavy (non-hydrogen) atoms. The maximum atomic E-state index is 13.8. The average molecular weight is 423 g/mol. The van der Waals surface area contributed by atoms with Gasteiger partial charge >= 0.3 is 0 Å². The Hall–Kier alpha value is -2.25. The molecule has 0 radical (unpaired) electrons. The molecule has 0 atom stereocenters. The summed E-state index contributed by atoms with van der Waals surface area (Å²) in [7, 11) is 0. The molecule has 4 nitrogen and oxygen atoms in total. The summed E-state index contributed by atoms with van der Waals surface area (Å²) >= 11 is 6.99. The minimum atomic E-state index is -0.691. The number of amides is 1. The molecule has 0 N–H and O–H groups in total. The second-order valence-electron chi connectivity index (χ2n) is 6.72. The number of rotatable bonds is 4. The molecular formula is C20H17ClF2N2O2S. The van der Waals surface area contributed by atoms with E-state index in [2.05, 4.69) is 4.98 Å². The first-order valence-electron chi connectivity index (χ1n) is 8.92. The van der Waals surface area contributed by atoms with Crippen LogP contribution < -0.4 is 4.74 Å². The van der Waals surface area contributed by atoms with E-state index in [4.69, 9.17) is 16.3 Å². The van der Waals surface area contributed by atoms with Crippen molar-refractivity contribution in [1.29, 1.82) is 0 Å². The maximum absolute atomic E-state index is 13.8. The van der Waals surface area contributed by atoms with E-state index in [9.17, 15) is 13.6 Å². The molecule has 1 aliphatic heterocycles. The van der Waals surface area contributed by atoms with Crippen LogP contribution in [0.15, 0.2) is 36.4 Å². The fourth-order valence-electron chi connectivity index (χ4n) is 3.24. The number of aromatic nitrogens is 1. The molecule has 8 heteroatoms. The molecule has 1 aromatic heterocycles. The highest BCUT2D eigenvalue weighted by molar-refractivity contribution is 7.20. The van der Waals surface area contributed by atoms with Crippen molar-refractivity contribution in [2.75, 3.05) is 13.1 Å². The summed E-state index contributed by atoms with van der Waals surface area (Å²) in [6.45, 7) is 1.18. The van der Waals surface area contributed by atoms with E-state index in [-0.39, 0.29) is 17.5 Å². The monoisotopic (exact) mass is 422 g/mol. The molecule has 0 spiro atoms. The molecule has 1 aliphatic rings. The highest BCUT2D eigenvalue weighted by Gasteiger charge is 2.25. The van der Waals surface area contributed by atoms with Crippen LogP contribution in [-0.4, -0.2) is 35.0 Å². The molecule has 0 unspecified atom stereocenters. The summed E-state index contributed by atoms with van der Waals surface area (Å²) in [5.41, 5.74) is 1.05. The van der Waals surface area contributed by atoms with Crippen molar-refractivity contribution in [3.05, 3.63) is 58.6 Å². The van der Waals surface area contributed by atoms with E-state index in [1.165, 1.54) is 6.07 Å². The van der Waals surface area contributed by atoms with Gasteiger partial charge in [0.05, 0.1) is 11.1 Å². The Morgan fingerprint density at radius 2 is 1.93 bits per heavy atom. The van der Waals surface area contributed by atoms with E-state index >= 15 is 0 Å². The van der Waals surface area contributed by atoms with Gasteiger partial charge in [-0.25, -0.2) is 8.78 Å². The lowest BCUT2D eigenvalue weighted by atomic mass is 10.1. The van der Waals surface area contributed by atoms with E-state index in [1.807, 2.05) is 17.0 Å². The SMILES string of the molecule is O=C(Cc1ccc(Cl)cc1)N1CCC(Oc2nc3c(F)cc(F)cc3s2)CC1. The van der Waals surface area contributed by atoms with Crippen LogP contribution in [0.4, 0.5) is 8.78 Å². The number of ether oxygens (including phenoxy) is 1. The lowest BCUT2D eigenvalue weighted by Gasteiger charge is -2.31. The van der Waals surface area contributed by atoms with E-state index < -0.39 is 11.6 Å². The number of hydrogen-bond donors (Lipinski definition) is 0. The molecule has 4 rings (SSSR count). The molecule has 1 saturated heterocycles. The van der Waals surface area contributed by atoms with Crippen molar-refractivity contribution in [2.24, 2.45) is 0 Å². The van der Waals surface area contributed by atoms with Gasteiger partial charge in [-0.1, -0.05) is 35.1 Å². The minimum Gasteiger partial charge on any atom is -0.467 e. The molecule has 2 aromatic carbocycles. The molecule has 0 bridgehead atoms. The Bertz CT molecular complexity index is 1000. The Morgan fingerprint density at radius 1 is 1.21 bits per heavy atom. The standard InChI is InChI=1S/C20H17ClF2N2O2S/c21-13-3-1-12(2-4-13)9-18(26)25-7-5-15(6-8-25)27-20-24-19-16(23)10-14(22)11-17(19)28-20/h1-4,10-11,15H,5-9H2. The Balaban J connectivity index is 1.33. The van der Waals surface area contributed by atoms with E-state index in [1.54, 1.807) is 12.1 Å². The van der Waals surface area contributed by atoms with Gasteiger partial charge in [-0.3, -0.25) is 4.79 Å². The zero-order valence-electron chi connectivity index (χ0n) is 14.8. The van der Waals surface area contributed by atoms with Crippen LogP contribution in [0.25, 0.3) is 10.2 Å². The Kier molecular flexibility index (Phi) is 5.46. The number of likely N-dealkylation sites (tertiary alicyclic amines) is 1. The van der Waals surface area contributed by atoms with E-state index in [0.717, 1.165) is 23.0 Å². The van der Waals surface area contributed by atoms with Crippen LogP contribution >= 0.6 is 22.9 Å². The first kappa shape index (κ1) is 19.1. The molecule has 1 fully saturated rings. The molecule has 0 aliphatic carbocycles. The Morgan fingerprint density at radius 3 is 2.64 bits per heavy atom. The fraction of sp³-hybridized carbons (Fsp3) is 0.300. The van der Waals surface area contributed by atoms with Crippen molar-refractivity contribution in [2.45, 2.75) is 25.4 Å². The molecule has 3 aromatic rings. The van der Waals surface area contributed by atoms with Crippen LogP contribution in [0.5, 0.6) is 5.19 Å². The molecule has 0 saturated carbocycles. The highest BCUT2D eigenvalue weighted by Crippen LogP contribution is 2.32. The number of carbonyl (C=O) groups is 1. The Labute approximate surface area is 169 Å². The lowest BCUT2D eigenvalue weighted by molar-refractivity contribution is -0.132. The van der Waals surface area contributed by atoms with Crippen molar-refractivity contribution >= 4 is 39.1 Å². The van der Waals surface area contributed by atoms with Gasteiger partial charge in [-0.05, 0) is 23.8 Å². The van der Waals surface area contributed by atoms with Gasteiger partial charge < -0.3 is 9.64 Å². The van der Waals surface area contributed by atoms with Crippen molar-refractivity contribution in [3.63, 3.8) is 0 Å². The number of piperidine rings is 1. The van der Waals surface area contributed by atoms with Gasteiger partial charge in [0.25, 0.3) is 5.19 Å². The van der Waals surface area contributed by atoms with Crippen LogP contribution in [0.2, 0.25) is 5.02 Å². The molecule has 146 valence electrons. The second-order valence-corrected chi connectivity index (χ2v) is 8.14. The summed E-state index contributed by atoms with van der Waals surface area (Å²) in [5, 5.41) is 0.970. The minimum absolute atomic E-state index is 0.0679. The number of halogens is 3. The fourth-order valence-corrected chi connectivity index (χ4v) is 4.29. The second kappa shape index (κ2) is 8.01. The summed E-state index contributed by atoms with van der Waals surface area (Å²) in [5.74, 6) is -1.25. The van der Waals surface area contributed by atoms with E-state index in [0.29, 0.717) is 47.3 Å². The number of nitrogens with zero attached hydrogens (tertiary/aromatic N) is 2. The average Bonchev–Trinajstić information content (AvgIpc) is 3.07. The topological polar surface area (TPSA) is 42.4 Å². The van der Waals surface area contributed by atoms with Crippen LogP contribution in [0.1, 0.15) is 18.4 Å². The van der Waals surface area contributed by atoms with Gasteiger partial charge in [0.2, 0.25) is 5.91 Å². The highest BCUT2D eigenvalue weighted by atomic mass is 35.5. The number of fused-ring (bicyclic) bond motifs is 1. The smallest absolute Gasteiger partial charge is 0.274 e. The van der Waals surface area contributed by atoms with Gasteiger partial charge in [-0.2, -0.15) is 4.98 Å². The lowest BCUT2D eigenvalue weighted by Crippen LogP contribution is -2.42. The number of hydrogen-bond acceptors (Lipinski definition) is 4. The van der Waals surface area contributed by atoms with Crippen molar-refractivity contribution in [3.8, 4) is 5.19 Å². The third kappa shape index (κ3) is 4.25. The maximum Gasteiger partial charge on any atom is 0.274 e. The number of thiazole rings is 1. The summed E-state index contributed by atoms with van der Waals surface area (Å²) < 4.78 is 33.4. The van der Waals surface area contributed by atoms with Crippen molar-refractivity contribution < 1.29 is 18.3 Å². The van der Waals surface area contributed by atoms with Gasteiger partial charge in [0.1, 0.15) is 17.4 Å². The largest absolute Gasteiger partial charge is 0.467 e. The summed E-state index contributed by atoms with van der Waals surface area (Å²) in [4.78, 5) is 18.4. The first-order chi connectivity index (χ1) is 13.5.